The van der Waals surface area contributed by atoms with Gasteiger partial charge in [0.25, 0.3) is 0 Å². The molecule has 4 heteroatoms. The minimum Gasteiger partial charge on any atom is -0.392 e. The first-order chi connectivity index (χ1) is 8.18. The van der Waals surface area contributed by atoms with E-state index in [0.717, 1.165) is 5.56 Å². The second kappa shape index (κ2) is 7.81. The quantitative estimate of drug-likeness (QED) is 0.610. The fourth-order valence-corrected chi connectivity index (χ4v) is 1.40. The van der Waals surface area contributed by atoms with Gasteiger partial charge in [-0.25, -0.2) is 0 Å². The first-order valence-corrected chi connectivity index (χ1v) is 5.88. The van der Waals surface area contributed by atoms with E-state index in [1.54, 1.807) is 6.92 Å². The molecule has 0 aliphatic carbocycles. The number of amides is 1. The molecule has 0 saturated carbocycles. The minimum atomic E-state index is -0.373. The molecule has 0 spiro atoms. The molecule has 0 heterocycles. The number of hydrogen-bond acceptors (Lipinski definition) is 3. The van der Waals surface area contributed by atoms with Crippen molar-refractivity contribution in [3.8, 4) is 0 Å². The van der Waals surface area contributed by atoms with Gasteiger partial charge in [-0.05, 0) is 12.5 Å². The lowest BCUT2D eigenvalue weighted by Crippen LogP contribution is -2.30. The maximum atomic E-state index is 11.4. The van der Waals surface area contributed by atoms with Crippen molar-refractivity contribution in [2.45, 2.75) is 26.0 Å². The number of hydrogen-bond donors (Lipinski definition) is 3. The van der Waals surface area contributed by atoms with Gasteiger partial charge in [-0.1, -0.05) is 30.3 Å². The van der Waals surface area contributed by atoms with Crippen LogP contribution in [0.1, 0.15) is 18.9 Å². The minimum absolute atomic E-state index is 0.0203. The van der Waals surface area contributed by atoms with Gasteiger partial charge in [0.15, 0.2) is 0 Å². The lowest BCUT2D eigenvalue weighted by molar-refractivity contribution is -0.121. The molecule has 1 aromatic carbocycles. The molecule has 0 bridgehead atoms. The van der Waals surface area contributed by atoms with E-state index in [2.05, 4.69) is 10.6 Å². The number of aliphatic hydroxyl groups is 1. The molecule has 1 aromatic rings. The van der Waals surface area contributed by atoms with Crippen molar-refractivity contribution in [2.24, 2.45) is 0 Å². The molecular formula is C13H20N2O2. The highest BCUT2D eigenvalue weighted by molar-refractivity contribution is 5.76. The first-order valence-electron chi connectivity index (χ1n) is 5.88. The summed E-state index contributed by atoms with van der Waals surface area (Å²) in [6.07, 6.45) is 0.0573. The van der Waals surface area contributed by atoms with Gasteiger partial charge in [-0.3, -0.25) is 4.79 Å². The second-order valence-corrected chi connectivity index (χ2v) is 4.07. The van der Waals surface area contributed by atoms with Crippen LogP contribution in [0.4, 0.5) is 0 Å². The fourth-order valence-electron chi connectivity index (χ4n) is 1.40. The molecule has 4 nitrogen and oxygen atoms in total. The Labute approximate surface area is 102 Å². The van der Waals surface area contributed by atoms with E-state index in [1.807, 2.05) is 30.3 Å². The van der Waals surface area contributed by atoms with Gasteiger partial charge in [0.2, 0.25) is 5.91 Å². The number of carbonyl (C=O) groups is 1. The summed E-state index contributed by atoms with van der Waals surface area (Å²) < 4.78 is 0. The van der Waals surface area contributed by atoms with Crippen LogP contribution in [0.3, 0.4) is 0 Å². The zero-order chi connectivity index (χ0) is 12.5. The molecule has 0 saturated heterocycles. The molecule has 0 aliphatic rings. The van der Waals surface area contributed by atoms with Crippen LogP contribution in [0, 0.1) is 0 Å². The van der Waals surface area contributed by atoms with Crippen LogP contribution >= 0.6 is 0 Å². The van der Waals surface area contributed by atoms with Crippen LogP contribution in [-0.2, 0) is 11.3 Å². The number of aliphatic hydroxyl groups excluding tert-OH is 1. The molecule has 17 heavy (non-hydrogen) atoms. The topological polar surface area (TPSA) is 61.4 Å². The molecule has 1 amide bonds. The number of benzene rings is 1. The van der Waals surface area contributed by atoms with Crippen molar-refractivity contribution in [1.82, 2.24) is 10.6 Å². The third-order valence-electron chi connectivity index (χ3n) is 2.30. The Morgan fingerprint density at radius 2 is 2.06 bits per heavy atom. The summed E-state index contributed by atoms with van der Waals surface area (Å²) in [6, 6.07) is 9.81. The van der Waals surface area contributed by atoms with Crippen molar-refractivity contribution in [3.05, 3.63) is 35.9 Å². The van der Waals surface area contributed by atoms with Crippen LogP contribution in [0.25, 0.3) is 0 Å². The van der Waals surface area contributed by atoms with Gasteiger partial charge >= 0.3 is 0 Å². The molecule has 0 radical (unpaired) electrons. The Balaban J connectivity index is 2.09. The van der Waals surface area contributed by atoms with Crippen molar-refractivity contribution < 1.29 is 9.90 Å². The summed E-state index contributed by atoms with van der Waals surface area (Å²) in [5.41, 5.74) is 1.10. The SMILES string of the molecule is CC(O)CNCCC(=O)NCc1ccccc1. The molecule has 1 unspecified atom stereocenters. The average molecular weight is 236 g/mol. The summed E-state index contributed by atoms with van der Waals surface area (Å²) >= 11 is 0. The van der Waals surface area contributed by atoms with Crippen LogP contribution in [0.15, 0.2) is 30.3 Å². The highest BCUT2D eigenvalue weighted by Crippen LogP contribution is 1.97. The predicted octanol–water partition coefficient (Wildman–Crippen LogP) is 0.663. The predicted molar refractivity (Wildman–Crippen MR) is 67.5 cm³/mol. The van der Waals surface area contributed by atoms with E-state index in [9.17, 15) is 4.79 Å². The summed E-state index contributed by atoms with van der Waals surface area (Å²) in [7, 11) is 0. The normalized spacial score (nSPS) is 12.1. The van der Waals surface area contributed by atoms with Crippen molar-refractivity contribution in [1.29, 1.82) is 0 Å². The van der Waals surface area contributed by atoms with E-state index >= 15 is 0 Å². The Bertz CT molecular complexity index is 325. The Morgan fingerprint density at radius 1 is 1.35 bits per heavy atom. The molecule has 0 aliphatic heterocycles. The van der Waals surface area contributed by atoms with Crippen molar-refractivity contribution in [3.63, 3.8) is 0 Å². The van der Waals surface area contributed by atoms with E-state index < -0.39 is 0 Å². The molecule has 3 N–H and O–H groups in total. The number of carbonyl (C=O) groups excluding carboxylic acids is 1. The summed E-state index contributed by atoms with van der Waals surface area (Å²) in [5, 5.41) is 14.9. The second-order valence-electron chi connectivity index (χ2n) is 4.07. The fraction of sp³-hybridized carbons (Fsp3) is 0.462. The maximum absolute atomic E-state index is 11.4. The number of rotatable bonds is 7. The largest absolute Gasteiger partial charge is 0.392 e. The number of nitrogens with one attached hydrogen (secondary N) is 2. The van der Waals surface area contributed by atoms with Crippen molar-refractivity contribution >= 4 is 5.91 Å². The smallest absolute Gasteiger partial charge is 0.221 e. The lowest BCUT2D eigenvalue weighted by atomic mass is 10.2. The Morgan fingerprint density at radius 3 is 2.71 bits per heavy atom. The summed E-state index contributed by atoms with van der Waals surface area (Å²) in [5.74, 6) is 0.0203. The maximum Gasteiger partial charge on any atom is 0.221 e. The van der Waals surface area contributed by atoms with Crippen LogP contribution in [-0.4, -0.2) is 30.2 Å². The molecule has 94 valence electrons. The molecule has 0 fully saturated rings. The highest BCUT2D eigenvalue weighted by atomic mass is 16.3. The lowest BCUT2D eigenvalue weighted by Gasteiger charge is -2.07. The van der Waals surface area contributed by atoms with Gasteiger partial charge in [-0.2, -0.15) is 0 Å². The zero-order valence-electron chi connectivity index (χ0n) is 10.1. The van der Waals surface area contributed by atoms with Crippen LogP contribution < -0.4 is 10.6 Å². The van der Waals surface area contributed by atoms with Gasteiger partial charge in [-0.15, -0.1) is 0 Å². The van der Waals surface area contributed by atoms with E-state index in [-0.39, 0.29) is 12.0 Å². The summed E-state index contributed by atoms with van der Waals surface area (Å²) in [4.78, 5) is 11.4. The van der Waals surface area contributed by atoms with E-state index in [4.69, 9.17) is 5.11 Å². The highest BCUT2D eigenvalue weighted by Gasteiger charge is 2.01. The third kappa shape index (κ3) is 6.71. The Hall–Kier alpha value is -1.39. The van der Waals surface area contributed by atoms with Crippen LogP contribution in [0.2, 0.25) is 0 Å². The van der Waals surface area contributed by atoms with Crippen molar-refractivity contribution in [2.75, 3.05) is 13.1 Å². The van der Waals surface area contributed by atoms with E-state index in [0.29, 0.717) is 26.1 Å². The van der Waals surface area contributed by atoms with Gasteiger partial charge < -0.3 is 15.7 Å². The molecular weight excluding hydrogens is 216 g/mol. The molecule has 1 rings (SSSR count). The van der Waals surface area contributed by atoms with Crippen LogP contribution in [0.5, 0.6) is 0 Å². The van der Waals surface area contributed by atoms with Gasteiger partial charge in [0.05, 0.1) is 6.10 Å². The van der Waals surface area contributed by atoms with E-state index in [1.165, 1.54) is 0 Å². The zero-order valence-corrected chi connectivity index (χ0v) is 10.1. The standard InChI is InChI=1S/C13H20N2O2/c1-11(16)9-14-8-7-13(17)15-10-12-5-3-2-4-6-12/h2-6,11,14,16H,7-10H2,1H3,(H,15,17). The third-order valence-corrected chi connectivity index (χ3v) is 2.30. The Kier molecular flexibility index (Phi) is 6.29. The average Bonchev–Trinajstić information content (AvgIpc) is 2.33. The van der Waals surface area contributed by atoms with Gasteiger partial charge in [0, 0.05) is 26.1 Å². The monoisotopic (exact) mass is 236 g/mol. The van der Waals surface area contributed by atoms with Gasteiger partial charge in [0.1, 0.15) is 0 Å². The molecule has 1 atom stereocenters. The first kappa shape index (κ1) is 13.7. The molecule has 0 aromatic heterocycles. The summed E-state index contributed by atoms with van der Waals surface area (Å²) in [6.45, 7) is 3.38.